The average molecular weight is 464 g/mol. The number of carbonyl (C=O) groups excluding carboxylic acids is 2. The van der Waals surface area contributed by atoms with Crippen LogP contribution in [-0.4, -0.2) is 40.1 Å². The first kappa shape index (κ1) is 25.2. The molecule has 2 rings (SSSR count). The summed E-state index contributed by atoms with van der Waals surface area (Å²) in [6.07, 6.45) is 0.189. The first-order chi connectivity index (χ1) is 15.2. The lowest BCUT2D eigenvalue weighted by atomic mass is 10.1. The quantitative estimate of drug-likeness (QED) is 0.437. The highest BCUT2D eigenvalue weighted by molar-refractivity contribution is 7.89. The molecule has 2 aromatic rings. The van der Waals surface area contributed by atoms with Crippen molar-refractivity contribution in [3.63, 3.8) is 0 Å². The Labute approximate surface area is 188 Å². The highest BCUT2D eigenvalue weighted by atomic mass is 32.2. The summed E-state index contributed by atoms with van der Waals surface area (Å²) in [5, 5.41) is 10.5. The van der Waals surface area contributed by atoms with E-state index >= 15 is 0 Å². The molecular formula is C22H29N3O6S. The molecular weight excluding hydrogens is 434 g/mol. The van der Waals surface area contributed by atoms with Crippen molar-refractivity contribution in [2.45, 2.75) is 38.2 Å². The lowest BCUT2D eigenvalue weighted by molar-refractivity contribution is -0.121. The van der Waals surface area contributed by atoms with Gasteiger partial charge < -0.3 is 20.1 Å². The van der Waals surface area contributed by atoms with E-state index in [9.17, 15) is 18.0 Å². The van der Waals surface area contributed by atoms with Gasteiger partial charge >= 0.3 is 6.09 Å². The van der Waals surface area contributed by atoms with Crippen LogP contribution in [0.25, 0.3) is 0 Å². The zero-order valence-corrected chi connectivity index (χ0v) is 19.0. The zero-order valence-electron chi connectivity index (χ0n) is 18.2. The Kier molecular flexibility index (Phi) is 9.48. The van der Waals surface area contributed by atoms with Gasteiger partial charge in [0.2, 0.25) is 15.9 Å². The zero-order chi connectivity index (χ0) is 23.6. The second kappa shape index (κ2) is 12.1. The molecule has 0 aliphatic heterocycles. The summed E-state index contributed by atoms with van der Waals surface area (Å²) in [5.41, 5.74) is 1.91. The van der Waals surface area contributed by atoms with Crippen molar-refractivity contribution in [1.29, 1.82) is 0 Å². The Morgan fingerprint density at radius 2 is 1.62 bits per heavy atom. The van der Waals surface area contributed by atoms with Crippen LogP contribution in [0.4, 0.5) is 4.79 Å². The first-order valence-corrected chi connectivity index (χ1v) is 11.7. The number of benzene rings is 2. The lowest BCUT2D eigenvalue weighted by Gasteiger charge is -2.12. The molecule has 2 amide bonds. The molecule has 2 aromatic carbocycles. The maximum atomic E-state index is 11.9. The molecule has 0 saturated heterocycles. The van der Waals surface area contributed by atoms with Gasteiger partial charge in [-0.2, -0.15) is 0 Å². The third-order valence-corrected chi connectivity index (χ3v) is 5.68. The normalized spacial score (nSPS) is 11.0. The van der Waals surface area contributed by atoms with E-state index in [1.165, 1.54) is 0 Å². The molecule has 0 aliphatic carbocycles. The SMILES string of the molecule is Cc1cc(OCCCC(=O)NCCNC(=O)OCc2ccccc2)cc(C)c1S(N)(=O)=O. The molecule has 0 aromatic heterocycles. The summed E-state index contributed by atoms with van der Waals surface area (Å²) < 4.78 is 33.9. The number of ether oxygens (including phenoxy) is 2. The number of primary sulfonamides is 1. The Morgan fingerprint density at radius 1 is 1.00 bits per heavy atom. The van der Waals surface area contributed by atoms with Gasteiger partial charge in [0, 0.05) is 19.5 Å². The predicted octanol–water partition coefficient (Wildman–Crippen LogP) is 2.15. The predicted molar refractivity (Wildman–Crippen MR) is 120 cm³/mol. The molecule has 0 atom stereocenters. The van der Waals surface area contributed by atoms with Gasteiger partial charge in [-0.15, -0.1) is 0 Å². The maximum absolute atomic E-state index is 11.9. The van der Waals surface area contributed by atoms with Crippen molar-refractivity contribution in [1.82, 2.24) is 10.6 Å². The van der Waals surface area contributed by atoms with Crippen molar-refractivity contribution < 1.29 is 27.5 Å². The van der Waals surface area contributed by atoms with Gasteiger partial charge in [-0.05, 0) is 49.1 Å². The first-order valence-electron chi connectivity index (χ1n) is 10.1. The van der Waals surface area contributed by atoms with E-state index in [0.29, 0.717) is 29.9 Å². The molecule has 9 nitrogen and oxygen atoms in total. The summed E-state index contributed by atoms with van der Waals surface area (Å²) in [6.45, 7) is 4.32. The third-order valence-electron chi connectivity index (χ3n) is 4.46. The number of hydrogen-bond acceptors (Lipinski definition) is 6. The topological polar surface area (TPSA) is 137 Å². The van der Waals surface area contributed by atoms with Crippen LogP contribution in [0.3, 0.4) is 0 Å². The minimum Gasteiger partial charge on any atom is -0.494 e. The molecule has 0 fully saturated rings. The fraction of sp³-hybridized carbons (Fsp3) is 0.364. The van der Waals surface area contributed by atoms with Crippen LogP contribution in [0.5, 0.6) is 5.75 Å². The number of amides is 2. The number of carbonyl (C=O) groups is 2. The molecule has 174 valence electrons. The van der Waals surface area contributed by atoms with Crippen LogP contribution < -0.4 is 20.5 Å². The highest BCUT2D eigenvalue weighted by Crippen LogP contribution is 2.25. The standard InChI is InChI=1S/C22H29N3O6S/c1-16-13-19(14-17(2)21(16)32(23,28)29)30-12-6-9-20(26)24-10-11-25-22(27)31-15-18-7-4-3-5-8-18/h3-5,7-8,13-14H,6,9-12,15H2,1-2H3,(H,24,26)(H,25,27)(H2,23,28,29). The van der Waals surface area contributed by atoms with E-state index in [1.54, 1.807) is 26.0 Å². The van der Waals surface area contributed by atoms with Crippen LogP contribution in [-0.2, 0) is 26.2 Å². The fourth-order valence-corrected chi connectivity index (χ4v) is 4.11. The monoisotopic (exact) mass is 463 g/mol. The van der Waals surface area contributed by atoms with Crippen LogP contribution >= 0.6 is 0 Å². The van der Waals surface area contributed by atoms with Gasteiger partial charge in [-0.3, -0.25) is 4.79 Å². The van der Waals surface area contributed by atoms with Crippen molar-refractivity contribution in [2.75, 3.05) is 19.7 Å². The fourth-order valence-electron chi connectivity index (χ4n) is 3.09. The summed E-state index contributed by atoms with van der Waals surface area (Å²) in [5.74, 6) is 0.357. The third kappa shape index (κ3) is 8.56. The Hall–Kier alpha value is -3.11. The van der Waals surface area contributed by atoms with Gasteiger partial charge in [0.25, 0.3) is 0 Å². The van der Waals surface area contributed by atoms with Crippen LogP contribution in [0.2, 0.25) is 0 Å². The molecule has 0 heterocycles. The minimum atomic E-state index is -3.79. The number of nitrogens with two attached hydrogens (primary N) is 1. The summed E-state index contributed by atoms with van der Waals surface area (Å²) in [4.78, 5) is 23.6. The Morgan fingerprint density at radius 3 is 2.25 bits per heavy atom. The van der Waals surface area contributed by atoms with Gasteiger partial charge in [0.15, 0.2) is 0 Å². The number of alkyl carbamates (subject to hydrolysis) is 1. The average Bonchev–Trinajstić information content (AvgIpc) is 2.72. The number of rotatable bonds is 11. The van der Waals surface area contributed by atoms with Crippen molar-refractivity contribution >= 4 is 22.0 Å². The molecule has 0 unspecified atom stereocenters. The molecule has 0 aliphatic rings. The largest absolute Gasteiger partial charge is 0.494 e. The van der Waals surface area contributed by atoms with Crippen molar-refractivity contribution in [2.24, 2.45) is 5.14 Å². The van der Waals surface area contributed by atoms with E-state index in [2.05, 4.69) is 10.6 Å². The van der Waals surface area contributed by atoms with E-state index in [0.717, 1.165) is 5.56 Å². The lowest BCUT2D eigenvalue weighted by Crippen LogP contribution is -2.34. The summed E-state index contributed by atoms with van der Waals surface area (Å²) >= 11 is 0. The second-order valence-corrected chi connectivity index (χ2v) is 8.72. The van der Waals surface area contributed by atoms with Gasteiger partial charge in [-0.1, -0.05) is 30.3 Å². The Bertz CT molecular complexity index is 1000. The van der Waals surface area contributed by atoms with Crippen LogP contribution in [0.1, 0.15) is 29.5 Å². The minimum absolute atomic E-state index is 0.0989. The van der Waals surface area contributed by atoms with Gasteiger partial charge in [0.1, 0.15) is 12.4 Å². The smallest absolute Gasteiger partial charge is 0.407 e. The van der Waals surface area contributed by atoms with E-state index in [4.69, 9.17) is 14.6 Å². The number of nitrogens with one attached hydrogen (secondary N) is 2. The van der Waals surface area contributed by atoms with Crippen LogP contribution in [0, 0.1) is 13.8 Å². The van der Waals surface area contributed by atoms with E-state index < -0.39 is 16.1 Å². The van der Waals surface area contributed by atoms with E-state index in [1.807, 2.05) is 30.3 Å². The van der Waals surface area contributed by atoms with Crippen molar-refractivity contribution in [3.8, 4) is 5.75 Å². The molecule has 0 bridgehead atoms. The summed E-state index contributed by atoms with van der Waals surface area (Å²) in [6, 6.07) is 12.5. The molecule has 0 radical (unpaired) electrons. The Balaban J connectivity index is 1.59. The maximum Gasteiger partial charge on any atom is 0.407 e. The molecule has 32 heavy (non-hydrogen) atoms. The highest BCUT2D eigenvalue weighted by Gasteiger charge is 2.16. The number of sulfonamides is 1. The number of aryl methyl sites for hydroxylation is 2. The molecule has 0 spiro atoms. The summed E-state index contributed by atoms with van der Waals surface area (Å²) in [7, 11) is -3.79. The van der Waals surface area contributed by atoms with Gasteiger partial charge in [0.05, 0.1) is 11.5 Å². The second-order valence-electron chi connectivity index (χ2n) is 7.22. The molecule has 4 N–H and O–H groups in total. The molecule has 10 heteroatoms. The van der Waals surface area contributed by atoms with Crippen LogP contribution in [0.15, 0.2) is 47.4 Å². The molecule has 0 saturated carbocycles. The number of hydrogen-bond donors (Lipinski definition) is 3. The van der Waals surface area contributed by atoms with Gasteiger partial charge in [-0.25, -0.2) is 18.4 Å². The van der Waals surface area contributed by atoms with Crippen molar-refractivity contribution in [3.05, 3.63) is 59.2 Å². The van der Waals surface area contributed by atoms with E-state index in [-0.39, 0.29) is 36.9 Å².